The van der Waals surface area contributed by atoms with Crippen LogP contribution in [-0.4, -0.2) is 47.0 Å². The Morgan fingerprint density at radius 1 is 1.38 bits per heavy atom. The molecule has 1 fully saturated rings. The fourth-order valence-corrected chi connectivity index (χ4v) is 3.17. The van der Waals surface area contributed by atoms with E-state index in [-0.39, 0.29) is 11.6 Å². The van der Waals surface area contributed by atoms with Crippen LogP contribution in [0.2, 0.25) is 5.02 Å². The van der Waals surface area contributed by atoms with E-state index in [1.807, 2.05) is 16.7 Å². The second-order valence-corrected chi connectivity index (χ2v) is 6.24. The number of hydrogen-bond donors (Lipinski definition) is 1. The van der Waals surface area contributed by atoms with Crippen LogP contribution in [0, 0.1) is 10.1 Å². The number of nitrogens with zero attached hydrogens (tertiary/aromatic N) is 3. The highest BCUT2D eigenvalue weighted by molar-refractivity contribution is 7.80. The molecular weight excluding hydrogens is 352 g/mol. The Labute approximate surface area is 150 Å². The van der Waals surface area contributed by atoms with E-state index >= 15 is 0 Å². The second-order valence-electron chi connectivity index (χ2n) is 5.44. The molecule has 1 amide bonds. The maximum absolute atomic E-state index is 11.6. The number of nitrogens with one attached hydrogen (secondary N) is 1. The van der Waals surface area contributed by atoms with Crippen molar-refractivity contribution in [1.29, 1.82) is 0 Å². The third-order valence-electron chi connectivity index (χ3n) is 3.77. The summed E-state index contributed by atoms with van der Waals surface area (Å²) in [6.45, 7) is 4.13. The van der Waals surface area contributed by atoms with Crippen molar-refractivity contribution in [3.05, 3.63) is 33.3 Å². The van der Waals surface area contributed by atoms with Crippen LogP contribution in [0.4, 0.5) is 11.4 Å². The zero-order valence-corrected chi connectivity index (χ0v) is 14.9. The van der Waals surface area contributed by atoms with Gasteiger partial charge in [-0.1, -0.05) is 24.6 Å². The van der Waals surface area contributed by atoms with Gasteiger partial charge in [0.05, 0.1) is 9.95 Å². The molecule has 1 aromatic carbocycles. The minimum Gasteiger partial charge on any atom is -0.361 e. The van der Waals surface area contributed by atoms with Gasteiger partial charge >= 0.3 is 0 Å². The van der Waals surface area contributed by atoms with Crippen molar-refractivity contribution in [1.82, 2.24) is 10.2 Å². The molecule has 0 radical (unpaired) electrons. The number of rotatable bonds is 4. The van der Waals surface area contributed by atoms with E-state index < -0.39 is 4.92 Å². The van der Waals surface area contributed by atoms with Gasteiger partial charge < -0.3 is 15.1 Å². The van der Waals surface area contributed by atoms with Crippen LogP contribution in [0.15, 0.2) is 18.2 Å². The number of nitro benzene ring substituents is 1. The van der Waals surface area contributed by atoms with Gasteiger partial charge in [-0.3, -0.25) is 14.9 Å². The Kier molecular flexibility index (Phi) is 6.33. The fourth-order valence-electron chi connectivity index (χ4n) is 2.59. The lowest BCUT2D eigenvalue weighted by atomic mass is 10.2. The van der Waals surface area contributed by atoms with Gasteiger partial charge in [0.1, 0.15) is 5.69 Å². The molecule has 9 heteroatoms. The first-order chi connectivity index (χ1) is 11.4. The van der Waals surface area contributed by atoms with E-state index in [1.165, 1.54) is 6.07 Å². The lowest BCUT2D eigenvalue weighted by molar-refractivity contribution is -0.384. The minimum absolute atomic E-state index is 0.00484. The number of piperazine rings is 1. The molecule has 0 aromatic heterocycles. The quantitative estimate of drug-likeness (QED) is 0.498. The third-order valence-corrected chi connectivity index (χ3v) is 4.43. The maximum atomic E-state index is 11.6. The number of carbonyl (C=O) groups excluding carboxylic acids is 1. The zero-order chi connectivity index (χ0) is 17.7. The van der Waals surface area contributed by atoms with Crippen molar-refractivity contribution in [2.45, 2.75) is 19.8 Å². The van der Waals surface area contributed by atoms with E-state index in [4.69, 9.17) is 23.8 Å². The summed E-state index contributed by atoms with van der Waals surface area (Å²) in [5.74, 6) is -0.0910. The van der Waals surface area contributed by atoms with E-state index in [1.54, 1.807) is 12.1 Å². The number of benzene rings is 1. The smallest absolute Gasteiger partial charge is 0.294 e. The summed E-state index contributed by atoms with van der Waals surface area (Å²) in [6, 6.07) is 4.66. The first kappa shape index (κ1) is 18.4. The minimum atomic E-state index is -0.427. The second kappa shape index (κ2) is 8.25. The first-order valence-electron chi connectivity index (χ1n) is 7.70. The standard InChI is InChI=1S/C15H19ClN4O3S/c1-2-4-13(21)17-15(24)19-9-7-18(8-10-19)14-11(16)5-3-6-12(14)20(22)23/h3,5-6H,2,4,7-10H2,1H3,(H,17,21,24). The van der Waals surface area contributed by atoms with Gasteiger partial charge in [-0.2, -0.15) is 0 Å². The predicted molar refractivity (Wildman–Crippen MR) is 97.5 cm³/mol. The largest absolute Gasteiger partial charge is 0.361 e. The number of halogens is 1. The van der Waals surface area contributed by atoms with Crippen LogP contribution in [0.3, 0.4) is 0 Å². The Bertz CT molecular complexity index is 648. The van der Waals surface area contributed by atoms with Crippen LogP contribution in [-0.2, 0) is 4.79 Å². The molecule has 0 saturated carbocycles. The molecule has 1 heterocycles. The summed E-state index contributed by atoms with van der Waals surface area (Å²) in [5, 5.41) is 14.7. The van der Waals surface area contributed by atoms with Crippen LogP contribution in [0.5, 0.6) is 0 Å². The molecule has 1 aromatic rings. The highest BCUT2D eigenvalue weighted by Crippen LogP contribution is 2.35. The van der Waals surface area contributed by atoms with Crippen molar-refractivity contribution < 1.29 is 9.72 Å². The van der Waals surface area contributed by atoms with Crippen LogP contribution in [0.1, 0.15) is 19.8 Å². The molecule has 24 heavy (non-hydrogen) atoms. The van der Waals surface area contributed by atoms with Crippen LogP contribution in [0.25, 0.3) is 0 Å². The molecule has 1 aliphatic heterocycles. The first-order valence-corrected chi connectivity index (χ1v) is 8.49. The number of nitro groups is 1. The van der Waals surface area contributed by atoms with E-state index in [0.717, 1.165) is 6.42 Å². The summed E-state index contributed by atoms with van der Waals surface area (Å²) >= 11 is 11.4. The van der Waals surface area contributed by atoms with Crippen molar-refractivity contribution in [3.8, 4) is 0 Å². The van der Waals surface area contributed by atoms with Crippen molar-refractivity contribution in [2.24, 2.45) is 0 Å². The van der Waals surface area contributed by atoms with Crippen molar-refractivity contribution in [2.75, 3.05) is 31.1 Å². The lowest BCUT2D eigenvalue weighted by Gasteiger charge is -2.37. The van der Waals surface area contributed by atoms with E-state index in [0.29, 0.717) is 48.4 Å². The van der Waals surface area contributed by atoms with Crippen molar-refractivity contribution >= 4 is 46.2 Å². The SMILES string of the molecule is CCCC(=O)NC(=S)N1CCN(c2c(Cl)cccc2[N+](=O)[O-])CC1. The van der Waals surface area contributed by atoms with Crippen LogP contribution < -0.4 is 10.2 Å². The van der Waals surface area contributed by atoms with Crippen molar-refractivity contribution in [3.63, 3.8) is 0 Å². The molecule has 0 spiro atoms. The average Bonchev–Trinajstić information content (AvgIpc) is 2.54. The molecule has 1 saturated heterocycles. The number of para-hydroxylation sites is 1. The Morgan fingerprint density at radius 2 is 2.04 bits per heavy atom. The Balaban J connectivity index is 2.02. The van der Waals surface area contributed by atoms with E-state index in [2.05, 4.69) is 5.32 Å². The normalized spacial score (nSPS) is 14.4. The van der Waals surface area contributed by atoms with Gasteiger partial charge in [0.2, 0.25) is 5.91 Å². The van der Waals surface area contributed by atoms with E-state index in [9.17, 15) is 14.9 Å². The third kappa shape index (κ3) is 4.33. The number of carbonyl (C=O) groups is 1. The highest BCUT2D eigenvalue weighted by atomic mass is 35.5. The monoisotopic (exact) mass is 370 g/mol. The summed E-state index contributed by atoms with van der Waals surface area (Å²) in [5.41, 5.74) is 0.430. The Morgan fingerprint density at radius 3 is 2.62 bits per heavy atom. The Hall–Kier alpha value is -1.93. The highest BCUT2D eigenvalue weighted by Gasteiger charge is 2.27. The summed E-state index contributed by atoms with van der Waals surface area (Å²) < 4.78 is 0. The molecule has 130 valence electrons. The molecule has 0 aliphatic carbocycles. The topological polar surface area (TPSA) is 78.7 Å². The van der Waals surface area contributed by atoms with Gasteiger partial charge in [0.25, 0.3) is 5.69 Å². The average molecular weight is 371 g/mol. The molecule has 1 aliphatic rings. The molecule has 7 nitrogen and oxygen atoms in total. The molecule has 0 unspecified atom stereocenters. The molecule has 1 N–H and O–H groups in total. The molecule has 2 rings (SSSR count). The lowest BCUT2D eigenvalue weighted by Crippen LogP contribution is -2.52. The van der Waals surface area contributed by atoms with Gasteiger partial charge in [-0.25, -0.2) is 0 Å². The number of thiocarbonyl (C=S) groups is 1. The molecule has 0 bridgehead atoms. The number of hydrogen-bond acceptors (Lipinski definition) is 5. The molecule has 0 atom stereocenters. The van der Waals surface area contributed by atoms with Crippen LogP contribution >= 0.6 is 23.8 Å². The van der Waals surface area contributed by atoms with Gasteiger partial charge in [0.15, 0.2) is 5.11 Å². The summed E-state index contributed by atoms with van der Waals surface area (Å²) in [4.78, 5) is 26.2. The zero-order valence-electron chi connectivity index (χ0n) is 13.3. The summed E-state index contributed by atoms with van der Waals surface area (Å²) in [6.07, 6.45) is 1.20. The van der Waals surface area contributed by atoms with Gasteiger partial charge in [-0.05, 0) is 24.7 Å². The number of amides is 1. The van der Waals surface area contributed by atoms with Gasteiger partial charge in [0, 0.05) is 38.7 Å². The predicted octanol–water partition coefficient (Wildman–Crippen LogP) is 2.57. The number of anilines is 1. The fraction of sp³-hybridized carbons (Fsp3) is 0.467. The molecular formula is C15H19ClN4O3S. The summed E-state index contributed by atoms with van der Waals surface area (Å²) in [7, 11) is 0. The van der Waals surface area contributed by atoms with Gasteiger partial charge in [-0.15, -0.1) is 0 Å². The maximum Gasteiger partial charge on any atom is 0.294 e.